The predicted octanol–water partition coefficient (Wildman–Crippen LogP) is 5.64. The van der Waals surface area contributed by atoms with Crippen molar-refractivity contribution in [3.05, 3.63) is 42.9 Å². The molecule has 242 valence electrons. The molecule has 3 aliphatic heterocycles. The molecule has 4 aliphatic rings. The van der Waals surface area contributed by atoms with Crippen LogP contribution in [0.2, 0.25) is 0 Å². The van der Waals surface area contributed by atoms with Gasteiger partial charge in [-0.15, -0.1) is 0 Å². The molecule has 10 nitrogen and oxygen atoms in total. The molecule has 1 saturated carbocycles. The van der Waals surface area contributed by atoms with Crippen LogP contribution in [0.3, 0.4) is 0 Å². The fourth-order valence-corrected chi connectivity index (χ4v) is 7.15. The number of amides is 1. The first-order valence-corrected chi connectivity index (χ1v) is 16.3. The number of hydrogen-bond donors (Lipinski definition) is 0. The van der Waals surface area contributed by atoms with Crippen LogP contribution in [0.1, 0.15) is 77.8 Å². The second-order valence-corrected chi connectivity index (χ2v) is 12.7. The second-order valence-electron chi connectivity index (χ2n) is 12.7. The van der Waals surface area contributed by atoms with Crippen molar-refractivity contribution in [2.24, 2.45) is 5.92 Å². The van der Waals surface area contributed by atoms with Gasteiger partial charge in [-0.3, -0.25) is 14.7 Å². The topological polar surface area (TPSA) is 100 Å². The molecule has 0 spiro atoms. The maximum absolute atomic E-state index is 15.8. The van der Waals surface area contributed by atoms with Crippen LogP contribution in [0.15, 0.2) is 31.4 Å². The third-order valence-corrected chi connectivity index (χ3v) is 9.55. The maximum Gasteiger partial charge on any atom is 0.318 e. The lowest BCUT2D eigenvalue weighted by molar-refractivity contribution is -0.125. The van der Waals surface area contributed by atoms with E-state index < -0.39 is 5.82 Å². The Kier molecular flexibility index (Phi) is 9.96. The van der Waals surface area contributed by atoms with Gasteiger partial charge < -0.3 is 14.5 Å². The Labute approximate surface area is 266 Å². The summed E-state index contributed by atoms with van der Waals surface area (Å²) < 4.78 is 21.1. The van der Waals surface area contributed by atoms with Crippen LogP contribution in [0.25, 0.3) is 22.2 Å². The zero-order valence-corrected chi connectivity index (χ0v) is 27.6. The molecule has 0 radical (unpaired) electrons. The summed E-state index contributed by atoms with van der Waals surface area (Å²) >= 11 is 0. The van der Waals surface area contributed by atoms with Gasteiger partial charge in [-0.25, -0.2) is 14.4 Å². The number of likely N-dealkylation sites (N-methyl/N-ethyl adjacent to an activating group) is 1. The smallest absolute Gasteiger partial charge is 0.318 e. The molecule has 0 N–H and O–H groups in total. The normalized spacial score (nSPS) is 23.9. The molecule has 6 heterocycles. The SMILES string of the molecule is C=CC(=O)N1CCC(N(C)c2nc(OC)nc3c(F)c(-c4cncnc4C4CC4)ncc23)C1.CC.CC1CN2CCCC2(C)C1. The van der Waals surface area contributed by atoms with E-state index in [1.54, 1.807) is 17.3 Å². The van der Waals surface area contributed by atoms with Crippen molar-refractivity contribution >= 4 is 22.6 Å². The molecule has 1 aliphatic carbocycles. The van der Waals surface area contributed by atoms with E-state index in [4.69, 9.17) is 4.74 Å². The van der Waals surface area contributed by atoms with Gasteiger partial charge in [0, 0.05) is 62.1 Å². The summed E-state index contributed by atoms with van der Waals surface area (Å²) in [6.07, 6.45) is 13.1. The molecular weight excluding hydrogens is 571 g/mol. The van der Waals surface area contributed by atoms with Crippen molar-refractivity contribution in [3.8, 4) is 17.3 Å². The molecule has 3 atom stereocenters. The number of ether oxygens (including phenoxy) is 1. The van der Waals surface area contributed by atoms with E-state index in [9.17, 15) is 4.79 Å². The molecule has 45 heavy (non-hydrogen) atoms. The quantitative estimate of drug-likeness (QED) is 0.325. The lowest BCUT2D eigenvalue weighted by atomic mass is 9.93. The number of rotatable bonds is 6. The summed E-state index contributed by atoms with van der Waals surface area (Å²) in [5, 5.41) is 0.470. The summed E-state index contributed by atoms with van der Waals surface area (Å²) in [7, 11) is 3.32. The van der Waals surface area contributed by atoms with Crippen molar-refractivity contribution in [1.29, 1.82) is 0 Å². The number of anilines is 1. The van der Waals surface area contributed by atoms with Crippen LogP contribution < -0.4 is 9.64 Å². The summed E-state index contributed by atoms with van der Waals surface area (Å²) in [4.78, 5) is 40.1. The summed E-state index contributed by atoms with van der Waals surface area (Å²) in [6.45, 7) is 16.2. The number of aromatic nitrogens is 5. The zero-order chi connectivity index (χ0) is 32.3. The number of carbonyl (C=O) groups is 1. The van der Waals surface area contributed by atoms with Crippen LogP contribution in [0, 0.1) is 11.7 Å². The second kappa shape index (κ2) is 13.7. The first-order valence-electron chi connectivity index (χ1n) is 16.3. The van der Waals surface area contributed by atoms with E-state index in [1.165, 1.54) is 51.9 Å². The van der Waals surface area contributed by atoms with Gasteiger partial charge >= 0.3 is 6.01 Å². The molecule has 3 unspecified atom stereocenters. The minimum atomic E-state index is -0.561. The van der Waals surface area contributed by atoms with Gasteiger partial charge in [0.15, 0.2) is 5.82 Å². The largest absolute Gasteiger partial charge is 0.467 e. The van der Waals surface area contributed by atoms with Crippen molar-refractivity contribution in [2.75, 3.05) is 45.2 Å². The predicted molar refractivity (Wildman–Crippen MR) is 175 cm³/mol. The number of likely N-dealkylation sites (tertiary alicyclic amines) is 1. The van der Waals surface area contributed by atoms with Gasteiger partial charge in [0.25, 0.3) is 0 Å². The third-order valence-electron chi connectivity index (χ3n) is 9.55. The summed E-state index contributed by atoms with van der Waals surface area (Å²) in [6, 6.07) is 0.0626. The highest BCUT2D eigenvalue weighted by Crippen LogP contribution is 2.44. The van der Waals surface area contributed by atoms with Crippen LogP contribution in [-0.4, -0.2) is 92.5 Å². The number of methoxy groups -OCH3 is 1. The minimum absolute atomic E-state index is 0.00318. The van der Waals surface area contributed by atoms with E-state index in [2.05, 4.69) is 50.2 Å². The number of hydrogen-bond acceptors (Lipinski definition) is 9. The molecule has 3 aromatic rings. The van der Waals surface area contributed by atoms with Crippen LogP contribution in [-0.2, 0) is 4.79 Å². The van der Waals surface area contributed by atoms with E-state index in [0.717, 1.165) is 30.9 Å². The molecule has 0 aromatic carbocycles. The molecule has 3 saturated heterocycles. The van der Waals surface area contributed by atoms with Crippen LogP contribution in [0.5, 0.6) is 6.01 Å². The highest BCUT2D eigenvalue weighted by atomic mass is 19.1. The molecule has 0 bridgehead atoms. The molecule has 7 rings (SSSR count). The number of carbonyl (C=O) groups excluding carboxylic acids is 1. The van der Waals surface area contributed by atoms with Gasteiger partial charge in [0.05, 0.1) is 18.2 Å². The number of pyridine rings is 1. The lowest BCUT2D eigenvalue weighted by Crippen LogP contribution is -2.36. The molecule has 1 amide bonds. The first-order chi connectivity index (χ1) is 21.7. The third kappa shape index (κ3) is 6.64. The number of nitrogens with zero attached hydrogens (tertiary/aromatic N) is 8. The monoisotopic (exact) mass is 618 g/mol. The number of fused-ring (bicyclic) bond motifs is 2. The maximum atomic E-state index is 15.8. The van der Waals surface area contributed by atoms with Crippen LogP contribution in [0.4, 0.5) is 10.2 Å². The fourth-order valence-electron chi connectivity index (χ4n) is 7.15. The van der Waals surface area contributed by atoms with E-state index in [1.807, 2.05) is 25.8 Å². The highest BCUT2D eigenvalue weighted by molar-refractivity contribution is 5.92. The van der Waals surface area contributed by atoms with Gasteiger partial charge in [-0.2, -0.15) is 9.97 Å². The summed E-state index contributed by atoms with van der Waals surface area (Å²) in [5.41, 5.74) is 2.30. The van der Waals surface area contributed by atoms with Gasteiger partial charge in [-0.1, -0.05) is 27.4 Å². The molecule has 11 heteroatoms. The van der Waals surface area contributed by atoms with E-state index >= 15 is 4.39 Å². The Balaban J connectivity index is 0.000000279. The van der Waals surface area contributed by atoms with Crippen molar-refractivity contribution in [3.63, 3.8) is 0 Å². The Bertz CT molecular complexity index is 1530. The minimum Gasteiger partial charge on any atom is -0.467 e. The lowest BCUT2D eigenvalue weighted by Gasteiger charge is -2.27. The standard InChI is InChI=1S/C23H24FN7O2.C9H17N.C2H6/c1-4-17(32)31-8-7-14(11-31)30(2)22-16-10-26-20(18(24)21(16)28-23(29-22)33-3)15-9-25-12-27-19(15)13-5-6-13;1-8-6-9(2)4-3-5-10(9)7-8;1-2/h4,9-10,12-14H,1,5-8,11H2,2-3H3;8H,3-7H2,1-2H3;1-2H3. The molecule has 4 fully saturated rings. The summed E-state index contributed by atoms with van der Waals surface area (Å²) in [5.74, 6) is 1.09. The zero-order valence-electron chi connectivity index (χ0n) is 27.6. The van der Waals surface area contributed by atoms with E-state index in [0.29, 0.717) is 41.3 Å². The van der Waals surface area contributed by atoms with Crippen LogP contribution >= 0.6 is 0 Å². The van der Waals surface area contributed by atoms with Crippen molar-refractivity contribution in [2.45, 2.75) is 83.7 Å². The fraction of sp³-hybridized carbons (Fsp3) is 0.588. The Morgan fingerprint density at radius 1 is 1.16 bits per heavy atom. The van der Waals surface area contributed by atoms with Crippen molar-refractivity contribution < 1.29 is 13.9 Å². The Morgan fingerprint density at radius 2 is 1.93 bits per heavy atom. The first kappa shape index (κ1) is 32.7. The molecule has 3 aromatic heterocycles. The average Bonchev–Trinajstić information content (AvgIpc) is 3.57. The van der Waals surface area contributed by atoms with E-state index in [-0.39, 0.29) is 29.2 Å². The van der Waals surface area contributed by atoms with Gasteiger partial charge in [0.1, 0.15) is 23.4 Å². The van der Waals surface area contributed by atoms with Gasteiger partial charge in [0.2, 0.25) is 5.91 Å². The Morgan fingerprint density at radius 3 is 2.62 bits per heavy atom. The Hall–Kier alpha value is -3.73. The average molecular weight is 619 g/mol. The highest BCUT2D eigenvalue weighted by Gasteiger charge is 2.43. The molecular formula is C34H47FN8O2. The van der Waals surface area contributed by atoms with Gasteiger partial charge in [-0.05, 0) is 64.0 Å². The van der Waals surface area contributed by atoms with Crippen molar-refractivity contribution in [1.82, 2.24) is 34.7 Å². The number of halogens is 1.